The van der Waals surface area contributed by atoms with Crippen molar-refractivity contribution in [2.24, 2.45) is 0 Å². The zero-order valence-electron chi connectivity index (χ0n) is 9.30. The number of nitrogens with zero attached hydrogens (tertiary/aromatic N) is 2. The lowest BCUT2D eigenvalue weighted by atomic mass is 10.2. The molecule has 2 rings (SSSR count). The molecule has 0 bridgehead atoms. The van der Waals surface area contributed by atoms with Gasteiger partial charge in [0.15, 0.2) is 0 Å². The van der Waals surface area contributed by atoms with Crippen LogP contribution in [-0.4, -0.2) is 15.7 Å². The highest BCUT2D eigenvalue weighted by Crippen LogP contribution is 2.15. The van der Waals surface area contributed by atoms with Crippen molar-refractivity contribution in [2.75, 3.05) is 5.32 Å². The molecule has 0 aliphatic carbocycles. The molecule has 0 spiro atoms. The average molecular weight is 250 g/mol. The number of anilines is 1. The Hall–Kier alpha value is -1.81. The molecule has 1 aromatic heterocycles. The van der Waals surface area contributed by atoms with Gasteiger partial charge in [-0.05, 0) is 37.3 Å². The van der Waals surface area contributed by atoms with E-state index >= 15 is 0 Å². The zero-order chi connectivity index (χ0) is 12.3. The topological polar surface area (TPSA) is 46.9 Å². The lowest BCUT2D eigenvalue weighted by molar-refractivity contribution is -0.119. The summed E-state index contributed by atoms with van der Waals surface area (Å²) in [5, 5.41) is 7.47. The number of rotatable bonds is 3. The van der Waals surface area contributed by atoms with E-state index in [-0.39, 0.29) is 11.9 Å². The number of aromatic nitrogens is 2. The number of hydrogen-bond donors (Lipinski definition) is 1. The Morgan fingerprint density at radius 2 is 2.12 bits per heavy atom. The van der Waals surface area contributed by atoms with Crippen LogP contribution in [0.3, 0.4) is 0 Å². The maximum atomic E-state index is 11.9. The Balaban J connectivity index is 2.04. The summed E-state index contributed by atoms with van der Waals surface area (Å²) in [6.45, 7) is 1.79. The Kier molecular flexibility index (Phi) is 3.44. The van der Waals surface area contributed by atoms with E-state index < -0.39 is 0 Å². The summed E-state index contributed by atoms with van der Waals surface area (Å²) in [5.41, 5.74) is 0.721. The first kappa shape index (κ1) is 11.7. The Morgan fingerprint density at radius 3 is 2.71 bits per heavy atom. The van der Waals surface area contributed by atoms with Crippen molar-refractivity contribution in [2.45, 2.75) is 13.0 Å². The molecule has 17 heavy (non-hydrogen) atoms. The van der Waals surface area contributed by atoms with E-state index in [0.717, 1.165) is 5.69 Å². The van der Waals surface area contributed by atoms with Gasteiger partial charge in [-0.2, -0.15) is 5.10 Å². The number of carbonyl (C=O) groups excluding carboxylic acids is 1. The number of halogens is 1. The Morgan fingerprint density at radius 1 is 1.41 bits per heavy atom. The minimum absolute atomic E-state index is 0.115. The quantitative estimate of drug-likeness (QED) is 0.909. The molecule has 1 N–H and O–H groups in total. The lowest BCUT2D eigenvalue weighted by Gasteiger charge is -2.12. The van der Waals surface area contributed by atoms with Crippen LogP contribution in [0.2, 0.25) is 5.02 Å². The maximum Gasteiger partial charge on any atom is 0.248 e. The van der Waals surface area contributed by atoms with Crippen molar-refractivity contribution in [3.63, 3.8) is 0 Å². The van der Waals surface area contributed by atoms with Crippen LogP contribution in [0, 0.1) is 0 Å². The predicted octanol–water partition coefficient (Wildman–Crippen LogP) is 2.74. The smallest absolute Gasteiger partial charge is 0.248 e. The van der Waals surface area contributed by atoms with Crippen molar-refractivity contribution < 1.29 is 4.79 Å². The first-order valence-corrected chi connectivity index (χ1v) is 5.60. The van der Waals surface area contributed by atoms with E-state index in [9.17, 15) is 4.79 Å². The van der Waals surface area contributed by atoms with E-state index in [1.165, 1.54) is 0 Å². The molecule has 0 saturated carbocycles. The van der Waals surface area contributed by atoms with Gasteiger partial charge in [-0.15, -0.1) is 0 Å². The summed E-state index contributed by atoms with van der Waals surface area (Å²) in [6.07, 6.45) is 3.40. The fourth-order valence-corrected chi connectivity index (χ4v) is 1.54. The van der Waals surface area contributed by atoms with Crippen LogP contribution in [0.25, 0.3) is 0 Å². The molecule has 1 unspecified atom stereocenters. The van der Waals surface area contributed by atoms with Gasteiger partial charge in [0.25, 0.3) is 0 Å². The first-order valence-electron chi connectivity index (χ1n) is 5.22. The van der Waals surface area contributed by atoms with Crippen LogP contribution in [0.4, 0.5) is 5.69 Å². The molecule has 0 aliphatic rings. The number of hydrogen-bond acceptors (Lipinski definition) is 2. The molecule has 1 heterocycles. The van der Waals surface area contributed by atoms with E-state index in [4.69, 9.17) is 11.6 Å². The highest BCUT2D eigenvalue weighted by Gasteiger charge is 2.14. The van der Waals surface area contributed by atoms with Gasteiger partial charge in [-0.3, -0.25) is 9.48 Å². The van der Waals surface area contributed by atoms with Crippen LogP contribution >= 0.6 is 11.6 Å². The first-order chi connectivity index (χ1) is 8.16. The van der Waals surface area contributed by atoms with Crippen LogP contribution in [0.5, 0.6) is 0 Å². The van der Waals surface area contributed by atoms with Gasteiger partial charge < -0.3 is 5.32 Å². The summed E-state index contributed by atoms with van der Waals surface area (Å²) in [6, 6.07) is 8.42. The third-order valence-electron chi connectivity index (χ3n) is 2.41. The van der Waals surface area contributed by atoms with Gasteiger partial charge in [0.2, 0.25) is 5.91 Å². The van der Waals surface area contributed by atoms with Gasteiger partial charge in [-0.1, -0.05) is 11.6 Å². The monoisotopic (exact) mass is 249 g/mol. The van der Waals surface area contributed by atoms with Crippen LogP contribution in [-0.2, 0) is 4.79 Å². The molecule has 0 radical (unpaired) electrons. The van der Waals surface area contributed by atoms with Crippen molar-refractivity contribution in [3.05, 3.63) is 47.7 Å². The van der Waals surface area contributed by atoms with Gasteiger partial charge in [0.05, 0.1) is 0 Å². The van der Waals surface area contributed by atoms with Gasteiger partial charge in [0.1, 0.15) is 6.04 Å². The number of nitrogens with one attached hydrogen (secondary N) is 1. The fourth-order valence-electron chi connectivity index (χ4n) is 1.41. The van der Waals surface area contributed by atoms with Crippen molar-refractivity contribution in [3.8, 4) is 0 Å². The second-order valence-electron chi connectivity index (χ2n) is 3.66. The van der Waals surface area contributed by atoms with E-state index in [2.05, 4.69) is 10.4 Å². The Labute approximate surface area is 104 Å². The molecule has 88 valence electrons. The number of carbonyl (C=O) groups is 1. The summed E-state index contributed by atoms with van der Waals surface area (Å²) in [5.74, 6) is -0.115. The van der Waals surface area contributed by atoms with E-state index in [0.29, 0.717) is 5.02 Å². The second-order valence-corrected chi connectivity index (χ2v) is 4.09. The Bertz CT molecular complexity index is 493. The molecule has 0 fully saturated rings. The molecule has 4 nitrogen and oxygen atoms in total. The highest BCUT2D eigenvalue weighted by molar-refractivity contribution is 6.30. The summed E-state index contributed by atoms with van der Waals surface area (Å²) >= 11 is 5.77. The van der Waals surface area contributed by atoms with Gasteiger partial charge in [0, 0.05) is 23.1 Å². The summed E-state index contributed by atoms with van der Waals surface area (Å²) < 4.78 is 1.60. The zero-order valence-corrected chi connectivity index (χ0v) is 10.1. The van der Waals surface area contributed by atoms with Crippen LogP contribution < -0.4 is 5.32 Å². The van der Waals surface area contributed by atoms with E-state index in [1.54, 1.807) is 54.3 Å². The largest absolute Gasteiger partial charge is 0.324 e. The van der Waals surface area contributed by atoms with Crippen molar-refractivity contribution in [1.82, 2.24) is 9.78 Å². The molecule has 0 saturated heterocycles. The fraction of sp³-hybridized carbons (Fsp3) is 0.167. The SMILES string of the molecule is CC(C(=O)Nc1ccc(Cl)cc1)n1cccn1. The highest BCUT2D eigenvalue weighted by atomic mass is 35.5. The molecule has 0 aliphatic heterocycles. The van der Waals surface area contributed by atoms with Gasteiger partial charge >= 0.3 is 0 Å². The molecular weight excluding hydrogens is 238 g/mol. The lowest BCUT2D eigenvalue weighted by Crippen LogP contribution is -2.23. The number of benzene rings is 1. The van der Waals surface area contributed by atoms with Gasteiger partial charge in [-0.25, -0.2) is 0 Å². The van der Waals surface area contributed by atoms with Crippen LogP contribution in [0.1, 0.15) is 13.0 Å². The second kappa shape index (κ2) is 5.01. The normalized spacial score (nSPS) is 12.1. The van der Waals surface area contributed by atoms with Crippen molar-refractivity contribution in [1.29, 1.82) is 0 Å². The number of amides is 1. The molecule has 5 heteroatoms. The molecule has 1 amide bonds. The minimum Gasteiger partial charge on any atom is -0.324 e. The molecule has 2 aromatic rings. The van der Waals surface area contributed by atoms with E-state index in [1.807, 2.05) is 0 Å². The maximum absolute atomic E-state index is 11.9. The summed E-state index contributed by atoms with van der Waals surface area (Å²) in [4.78, 5) is 11.9. The molecule has 1 aromatic carbocycles. The van der Waals surface area contributed by atoms with Crippen LogP contribution in [0.15, 0.2) is 42.7 Å². The minimum atomic E-state index is -0.347. The third kappa shape index (κ3) is 2.85. The average Bonchev–Trinajstić information content (AvgIpc) is 2.84. The standard InChI is InChI=1S/C12H12ClN3O/c1-9(16-8-2-7-14-16)12(17)15-11-5-3-10(13)4-6-11/h2-9H,1H3,(H,15,17). The molecule has 1 atom stereocenters. The summed E-state index contributed by atoms with van der Waals surface area (Å²) in [7, 11) is 0. The molecular formula is C12H12ClN3O. The third-order valence-corrected chi connectivity index (χ3v) is 2.66. The van der Waals surface area contributed by atoms with Crippen molar-refractivity contribution >= 4 is 23.2 Å². The predicted molar refractivity (Wildman–Crippen MR) is 67.0 cm³/mol.